The molecule has 1 saturated heterocycles. The lowest BCUT2D eigenvalue weighted by atomic mass is 10.0. The maximum atomic E-state index is 14.8. The molecule has 1 fully saturated rings. The van der Waals surface area contributed by atoms with Crippen molar-refractivity contribution >= 4 is 75.9 Å². The fourth-order valence-corrected chi connectivity index (χ4v) is 8.81. The molecule has 0 spiro atoms. The maximum Gasteiger partial charge on any atom is 0.243 e. The Kier molecular flexibility index (Phi) is 24.3. The van der Waals surface area contributed by atoms with Crippen LogP contribution >= 0.6 is 0 Å². The van der Waals surface area contributed by atoms with Crippen molar-refractivity contribution in [3.63, 3.8) is 0 Å². The number of amides is 10. The predicted molar refractivity (Wildman–Crippen MR) is 291 cm³/mol. The number of carbonyl (C=O) groups excluding carboxylic acids is 10. The molecule has 17 N–H and O–H groups in total. The molecule has 1 aliphatic rings. The minimum atomic E-state index is -1.61. The van der Waals surface area contributed by atoms with E-state index in [4.69, 9.17) is 17.2 Å². The number of carbonyl (C=O) groups is 10. The number of nitrogens with zero attached hydrogens (tertiary/aromatic N) is 2. The van der Waals surface area contributed by atoms with Gasteiger partial charge >= 0.3 is 0 Å². The van der Waals surface area contributed by atoms with Crippen LogP contribution in [-0.2, 0) is 67.2 Å². The van der Waals surface area contributed by atoms with Crippen molar-refractivity contribution < 1.29 is 47.9 Å². The van der Waals surface area contributed by atoms with E-state index < -0.39 is 108 Å². The third-order valence-electron chi connectivity index (χ3n) is 13.0. The predicted octanol–water partition coefficient (Wildman–Crippen LogP) is -1.74. The number of rotatable bonds is 17. The van der Waals surface area contributed by atoms with Gasteiger partial charge in [0.25, 0.3) is 0 Å². The summed E-state index contributed by atoms with van der Waals surface area (Å²) in [6.45, 7) is 3.01. The van der Waals surface area contributed by atoms with E-state index in [0.717, 1.165) is 10.9 Å². The highest BCUT2D eigenvalue weighted by molar-refractivity contribution is 5.99. The molecule has 426 valence electrons. The van der Waals surface area contributed by atoms with Crippen molar-refractivity contribution in [2.45, 2.75) is 140 Å². The van der Waals surface area contributed by atoms with Crippen LogP contribution in [0, 0.1) is 0 Å². The molecule has 0 unspecified atom stereocenters. The number of aromatic amines is 2. The molecule has 79 heavy (non-hydrogen) atoms. The van der Waals surface area contributed by atoms with Gasteiger partial charge in [0.1, 0.15) is 42.3 Å². The van der Waals surface area contributed by atoms with E-state index in [9.17, 15) is 47.9 Å². The van der Waals surface area contributed by atoms with Gasteiger partial charge in [-0.3, -0.25) is 52.9 Å². The summed E-state index contributed by atoms with van der Waals surface area (Å²) in [5.74, 6) is -7.74. The number of aromatic nitrogens is 3. The zero-order valence-corrected chi connectivity index (χ0v) is 44.5. The molecule has 7 atom stereocenters. The van der Waals surface area contributed by atoms with E-state index in [2.05, 4.69) is 67.8 Å². The average Bonchev–Trinajstić information content (AvgIpc) is 4.14. The van der Waals surface area contributed by atoms with Crippen molar-refractivity contribution in [2.24, 2.45) is 22.2 Å². The molecule has 26 heteroatoms. The van der Waals surface area contributed by atoms with Crippen LogP contribution in [0.1, 0.15) is 94.9 Å². The van der Waals surface area contributed by atoms with E-state index in [1.807, 2.05) is 31.2 Å². The van der Waals surface area contributed by atoms with Crippen molar-refractivity contribution in [2.75, 3.05) is 19.6 Å². The Morgan fingerprint density at radius 2 is 1.39 bits per heavy atom. The monoisotopic (exact) mass is 1090 g/mol. The van der Waals surface area contributed by atoms with Crippen LogP contribution in [0.4, 0.5) is 0 Å². The smallest absolute Gasteiger partial charge is 0.243 e. The van der Waals surface area contributed by atoms with E-state index in [0.29, 0.717) is 36.1 Å². The summed E-state index contributed by atoms with van der Waals surface area (Å²) < 4.78 is 0. The summed E-state index contributed by atoms with van der Waals surface area (Å²) in [5.41, 5.74) is 19.2. The highest BCUT2D eigenvalue weighted by Crippen LogP contribution is 2.20. The van der Waals surface area contributed by atoms with Crippen LogP contribution in [-0.4, -0.2) is 142 Å². The Labute approximate surface area is 456 Å². The van der Waals surface area contributed by atoms with Gasteiger partial charge < -0.3 is 75.0 Å². The number of nitrogens with two attached hydrogens (primary N) is 3. The quantitative estimate of drug-likeness (QED) is 0.0318. The number of nitrogens with one attached hydrogen (secondary N) is 11. The molecule has 4 aromatic rings. The van der Waals surface area contributed by atoms with Gasteiger partial charge in [-0.05, 0) is 55.7 Å². The second-order valence-corrected chi connectivity index (χ2v) is 19.3. The van der Waals surface area contributed by atoms with E-state index in [1.54, 1.807) is 36.5 Å². The fourth-order valence-electron chi connectivity index (χ4n) is 8.81. The number of guanidine groups is 1. The van der Waals surface area contributed by atoms with Crippen LogP contribution < -0.4 is 65.1 Å². The minimum absolute atomic E-state index is 0.0396. The van der Waals surface area contributed by atoms with Crippen molar-refractivity contribution in [3.05, 3.63) is 90.1 Å². The second kappa shape index (κ2) is 31.4. The molecular weight excluding hydrogens is 1020 g/mol. The zero-order chi connectivity index (χ0) is 57.3. The van der Waals surface area contributed by atoms with Gasteiger partial charge in [-0.25, -0.2) is 4.98 Å². The molecular formula is C53H74N16O10. The molecule has 0 radical (unpaired) electrons. The first kappa shape index (κ1) is 61.0. The maximum absolute atomic E-state index is 14.8. The number of para-hydroxylation sites is 1. The minimum Gasteiger partial charge on any atom is -0.370 e. The Balaban J connectivity index is 1.54. The largest absolute Gasteiger partial charge is 0.370 e. The van der Waals surface area contributed by atoms with Crippen LogP contribution in [0.3, 0.4) is 0 Å². The van der Waals surface area contributed by atoms with E-state index in [-0.39, 0.29) is 83.4 Å². The summed E-state index contributed by atoms with van der Waals surface area (Å²) in [5, 5.41) is 24.9. The number of hydrogen-bond donors (Lipinski definition) is 14. The molecule has 0 saturated carbocycles. The Morgan fingerprint density at radius 1 is 0.722 bits per heavy atom. The molecule has 0 bridgehead atoms. The fraction of sp³-hybridized carbons (Fsp3) is 0.472. The molecule has 2 aromatic carbocycles. The number of aliphatic imine (C=N–C) groups is 1. The van der Waals surface area contributed by atoms with Crippen LogP contribution in [0.5, 0.6) is 0 Å². The Hall–Kier alpha value is -8.84. The SMILES string of the molecule is CCCC[C@H](NC(C)=O)C(=O)N[C@H]1CC(=O)NCCCC[C@@H](C(N)=O)NC(=O)CCNC(=O)[C@H](Cc2c[nH]c3ccccc23)NC(=O)[C@H](CCCN=C(N)N)NC(=O)[C@@H](Cc2ccccc2)NC(=O)[C@H](Cc2cnc[nH]2)NC1=O. The Morgan fingerprint density at radius 3 is 2.08 bits per heavy atom. The lowest BCUT2D eigenvalue weighted by Gasteiger charge is -2.28. The zero-order valence-electron chi connectivity index (χ0n) is 44.5. The van der Waals surface area contributed by atoms with Crippen molar-refractivity contribution in [1.82, 2.24) is 62.8 Å². The number of H-pyrrole nitrogens is 2. The molecule has 3 heterocycles. The van der Waals surface area contributed by atoms with Gasteiger partial charge in [-0.1, -0.05) is 68.3 Å². The van der Waals surface area contributed by atoms with Crippen molar-refractivity contribution in [1.29, 1.82) is 0 Å². The molecule has 0 aliphatic carbocycles. The molecule has 1 aliphatic heterocycles. The van der Waals surface area contributed by atoms with Crippen molar-refractivity contribution in [3.8, 4) is 0 Å². The first-order valence-corrected chi connectivity index (χ1v) is 26.4. The lowest BCUT2D eigenvalue weighted by molar-refractivity contribution is -0.136. The standard InChI is InChI=1S/C53H74N16O10/c1-3-4-16-38(63-31(2)70)48(75)69-43-27-45(72)58-21-11-10-18-37(46(54)73)64-44(71)20-23-59-47(74)41(25-33-28-61-36-17-9-8-15-35(33)36)67-49(76)39(19-12-22-60-53(55)56)65-50(77)40(24-32-13-6-5-7-14-32)66-51(78)42(68-52(43)79)26-34-29-57-30-62-34/h5-9,13-15,17,28-30,37-43,61H,3-4,10-12,16,18-27H2,1-2H3,(H2,54,73)(H,57,62)(H,58,72)(H,59,74)(H,63,70)(H,64,71)(H,65,77)(H,66,78)(H,67,76)(H,68,79)(H,69,75)(H4,55,56,60)/t37-,38-,39-,40+,41-,42-,43-/m0/s1. The van der Waals surface area contributed by atoms with Gasteiger partial charge in [0.05, 0.1) is 12.7 Å². The van der Waals surface area contributed by atoms with Gasteiger partial charge in [0, 0.05) is 81.2 Å². The van der Waals surface area contributed by atoms with Crippen LogP contribution in [0.15, 0.2) is 78.3 Å². The summed E-state index contributed by atoms with van der Waals surface area (Å²) in [4.78, 5) is 152. The molecule has 26 nitrogen and oxygen atoms in total. The summed E-state index contributed by atoms with van der Waals surface area (Å²) in [7, 11) is 0. The second-order valence-electron chi connectivity index (χ2n) is 19.3. The number of primary amides is 1. The third-order valence-corrected chi connectivity index (χ3v) is 13.0. The number of imidazole rings is 1. The van der Waals surface area contributed by atoms with Gasteiger partial charge in [0.15, 0.2) is 5.96 Å². The number of unbranched alkanes of at least 4 members (excludes halogenated alkanes) is 1. The number of fused-ring (bicyclic) bond motifs is 1. The summed E-state index contributed by atoms with van der Waals surface area (Å²) in [6.07, 6.45) is 5.36. The number of hydrogen-bond acceptors (Lipinski definition) is 12. The third kappa shape index (κ3) is 20.6. The van der Waals surface area contributed by atoms with Gasteiger partial charge in [-0.15, -0.1) is 0 Å². The summed E-state index contributed by atoms with van der Waals surface area (Å²) in [6, 6.07) is 6.65. The van der Waals surface area contributed by atoms with Gasteiger partial charge in [-0.2, -0.15) is 0 Å². The highest BCUT2D eigenvalue weighted by Gasteiger charge is 2.35. The normalized spacial score (nSPS) is 21.3. The van der Waals surface area contributed by atoms with E-state index in [1.165, 1.54) is 19.4 Å². The van der Waals surface area contributed by atoms with E-state index >= 15 is 0 Å². The molecule has 5 rings (SSSR count). The summed E-state index contributed by atoms with van der Waals surface area (Å²) >= 11 is 0. The highest BCUT2D eigenvalue weighted by atomic mass is 16.2. The number of benzene rings is 2. The van der Waals surface area contributed by atoms with Gasteiger partial charge in [0.2, 0.25) is 59.1 Å². The lowest BCUT2D eigenvalue weighted by Crippen LogP contribution is -2.60. The van der Waals surface area contributed by atoms with Crippen LogP contribution in [0.2, 0.25) is 0 Å². The molecule has 2 aromatic heterocycles. The first-order valence-electron chi connectivity index (χ1n) is 26.4. The topological polar surface area (TPSA) is 414 Å². The first-order chi connectivity index (χ1) is 37.9. The average molecular weight is 1100 g/mol. The van der Waals surface area contributed by atoms with Crippen LogP contribution in [0.25, 0.3) is 10.9 Å². The molecule has 10 amide bonds. The Bertz CT molecular complexity index is 2750.